The van der Waals surface area contributed by atoms with Gasteiger partial charge < -0.3 is 10.1 Å². The lowest BCUT2D eigenvalue weighted by atomic mass is 10.0. The van der Waals surface area contributed by atoms with Gasteiger partial charge in [0.25, 0.3) is 11.8 Å². The number of pyridine rings is 1. The highest BCUT2D eigenvalue weighted by Gasteiger charge is 2.39. The Labute approximate surface area is 172 Å². The Bertz CT molecular complexity index is 1130. The molecule has 3 aromatic rings. The lowest BCUT2D eigenvalue weighted by Crippen LogP contribution is -2.32. The van der Waals surface area contributed by atoms with Crippen LogP contribution < -0.4 is 10.1 Å². The second kappa shape index (κ2) is 8.16. The molecular formula is C23H18FN3O3. The first-order chi connectivity index (χ1) is 14.6. The van der Waals surface area contributed by atoms with E-state index >= 15 is 0 Å². The van der Waals surface area contributed by atoms with Crippen molar-refractivity contribution in [2.45, 2.75) is 6.54 Å². The standard InChI is InChI=1S/C23H18FN3O3/c1-30-19-7-5-16(6-8-19)20-21(26-18-4-2-3-17(24)13-18)23(29)27(22(20)28)14-15-9-11-25-12-10-15/h2-13,26H,14H2,1H3. The number of methoxy groups -OCH3 is 1. The molecule has 7 heteroatoms. The Morgan fingerprint density at radius 1 is 1.00 bits per heavy atom. The smallest absolute Gasteiger partial charge is 0.278 e. The van der Waals surface area contributed by atoms with Crippen molar-refractivity contribution in [2.75, 3.05) is 12.4 Å². The monoisotopic (exact) mass is 403 g/mol. The van der Waals surface area contributed by atoms with Crippen LogP contribution in [0.2, 0.25) is 0 Å². The topological polar surface area (TPSA) is 71.5 Å². The number of hydrogen-bond donors (Lipinski definition) is 1. The second-order valence-electron chi connectivity index (χ2n) is 6.67. The van der Waals surface area contributed by atoms with Crippen molar-refractivity contribution in [2.24, 2.45) is 0 Å². The van der Waals surface area contributed by atoms with Crippen molar-refractivity contribution in [3.63, 3.8) is 0 Å². The number of hydrogen-bond acceptors (Lipinski definition) is 5. The van der Waals surface area contributed by atoms with Gasteiger partial charge in [-0.2, -0.15) is 0 Å². The third-order valence-electron chi connectivity index (χ3n) is 4.73. The highest BCUT2D eigenvalue weighted by molar-refractivity contribution is 6.36. The zero-order valence-electron chi connectivity index (χ0n) is 16.1. The molecular weight excluding hydrogens is 385 g/mol. The van der Waals surface area contributed by atoms with Crippen molar-refractivity contribution in [3.8, 4) is 5.75 Å². The molecule has 0 atom stereocenters. The van der Waals surface area contributed by atoms with Crippen LogP contribution in [0.25, 0.3) is 5.57 Å². The lowest BCUT2D eigenvalue weighted by molar-refractivity contribution is -0.137. The number of carbonyl (C=O) groups is 2. The molecule has 2 aromatic carbocycles. The number of nitrogens with zero attached hydrogens (tertiary/aromatic N) is 2. The van der Waals surface area contributed by atoms with Crippen LogP contribution in [-0.4, -0.2) is 28.8 Å². The van der Waals surface area contributed by atoms with Gasteiger partial charge in [0.05, 0.1) is 19.2 Å². The molecule has 0 saturated carbocycles. The zero-order chi connectivity index (χ0) is 21.1. The Kier molecular flexibility index (Phi) is 5.26. The molecule has 1 aliphatic rings. The molecule has 30 heavy (non-hydrogen) atoms. The molecule has 150 valence electrons. The van der Waals surface area contributed by atoms with Gasteiger partial charge in [-0.15, -0.1) is 0 Å². The average molecular weight is 403 g/mol. The van der Waals surface area contributed by atoms with Crippen molar-refractivity contribution < 1.29 is 18.7 Å². The zero-order valence-corrected chi connectivity index (χ0v) is 16.1. The molecule has 0 radical (unpaired) electrons. The van der Waals surface area contributed by atoms with Gasteiger partial charge in [-0.05, 0) is 53.6 Å². The van der Waals surface area contributed by atoms with Crippen molar-refractivity contribution in [1.29, 1.82) is 0 Å². The molecule has 0 fully saturated rings. The third-order valence-corrected chi connectivity index (χ3v) is 4.73. The molecule has 1 aromatic heterocycles. The molecule has 0 aliphatic carbocycles. The van der Waals surface area contributed by atoms with Crippen molar-refractivity contribution in [1.82, 2.24) is 9.88 Å². The minimum atomic E-state index is -0.480. The minimum absolute atomic E-state index is 0.102. The average Bonchev–Trinajstić information content (AvgIpc) is 2.99. The van der Waals surface area contributed by atoms with E-state index in [9.17, 15) is 14.0 Å². The van der Waals surface area contributed by atoms with E-state index in [1.54, 1.807) is 62.0 Å². The molecule has 2 amide bonds. The number of halogens is 1. The van der Waals surface area contributed by atoms with Gasteiger partial charge in [-0.3, -0.25) is 19.5 Å². The van der Waals surface area contributed by atoms with Gasteiger partial charge in [0.2, 0.25) is 0 Å². The van der Waals surface area contributed by atoms with Gasteiger partial charge in [-0.1, -0.05) is 18.2 Å². The molecule has 1 aliphatic heterocycles. The summed E-state index contributed by atoms with van der Waals surface area (Å²) in [5, 5.41) is 2.94. The predicted octanol–water partition coefficient (Wildman–Crippen LogP) is 3.62. The number of amides is 2. The fraction of sp³-hybridized carbons (Fsp3) is 0.0870. The summed E-state index contributed by atoms with van der Waals surface area (Å²) >= 11 is 0. The van der Waals surface area contributed by atoms with Crippen LogP contribution in [0.5, 0.6) is 5.75 Å². The maximum absolute atomic E-state index is 13.6. The van der Waals surface area contributed by atoms with Gasteiger partial charge in [0, 0.05) is 18.1 Å². The molecule has 4 rings (SSSR count). The number of rotatable bonds is 6. The molecule has 0 bridgehead atoms. The van der Waals surface area contributed by atoms with E-state index in [-0.39, 0.29) is 17.8 Å². The summed E-state index contributed by atoms with van der Waals surface area (Å²) in [7, 11) is 1.55. The molecule has 1 N–H and O–H groups in total. The predicted molar refractivity (Wildman–Crippen MR) is 110 cm³/mol. The molecule has 0 saturated heterocycles. The number of imide groups is 1. The first-order valence-electron chi connectivity index (χ1n) is 9.23. The van der Waals surface area contributed by atoms with Crippen LogP contribution in [-0.2, 0) is 16.1 Å². The van der Waals surface area contributed by atoms with E-state index in [0.717, 1.165) is 10.5 Å². The Hall–Kier alpha value is -4.00. The summed E-state index contributed by atoms with van der Waals surface area (Å²) in [5.41, 5.74) is 2.03. The van der Waals surface area contributed by atoms with Crippen LogP contribution in [0.15, 0.2) is 78.8 Å². The Morgan fingerprint density at radius 2 is 1.73 bits per heavy atom. The van der Waals surface area contributed by atoms with E-state index in [2.05, 4.69) is 10.3 Å². The van der Waals surface area contributed by atoms with Crippen LogP contribution >= 0.6 is 0 Å². The molecule has 6 nitrogen and oxygen atoms in total. The maximum Gasteiger partial charge on any atom is 0.278 e. The second-order valence-corrected chi connectivity index (χ2v) is 6.67. The number of carbonyl (C=O) groups excluding carboxylic acids is 2. The third kappa shape index (κ3) is 3.77. The number of nitrogens with one attached hydrogen (secondary N) is 1. The van der Waals surface area contributed by atoms with Crippen molar-refractivity contribution in [3.05, 3.63) is 95.7 Å². The van der Waals surface area contributed by atoms with Crippen LogP contribution in [0.3, 0.4) is 0 Å². The van der Waals surface area contributed by atoms with Crippen LogP contribution in [0.1, 0.15) is 11.1 Å². The Balaban J connectivity index is 1.74. The van der Waals surface area contributed by atoms with Gasteiger partial charge in [0.15, 0.2) is 0 Å². The summed E-state index contributed by atoms with van der Waals surface area (Å²) in [5.74, 6) is -0.728. The Morgan fingerprint density at radius 3 is 2.40 bits per heavy atom. The highest BCUT2D eigenvalue weighted by atomic mass is 19.1. The fourth-order valence-corrected chi connectivity index (χ4v) is 3.24. The first-order valence-corrected chi connectivity index (χ1v) is 9.23. The summed E-state index contributed by atoms with van der Waals surface area (Å²) < 4.78 is 18.8. The fourth-order valence-electron chi connectivity index (χ4n) is 3.24. The highest BCUT2D eigenvalue weighted by Crippen LogP contribution is 2.32. The number of benzene rings is 2. The van der Waals surface area contributed by atoms with Gasteiger partial charge >= 0.3 is 0 Å². The largest absolute Gasteiger partial charge is 0.497 e. The first kappa shape index (κ1) is 19.3. The normalized spacial score (nSPS) is 13.7. The summed E-state index contributed by atoms with van der Waals surface area (Å²) in [6.07, 6.45) is 3.20. The van der Waals surface area contributed by atoms with E-state index in [4.69, 9.17) is 4.74 Å². The number of aromatic nitrogens is 1. The van der Waals surface area contributed by atoms with Crippen LogP contribution in [0.4, 0.5) is 10.1 Å². The lowest BCUT2D eigenvalue weighted by Gasteiger charge is -2.15. The van der Waals surface area contributed by atoms with Crippen LogP contribution in [0, 0.1) is 5.82 Å². The minimum Gasteiger partial charge on any atom is -0.497 e. The van der Waals surface area contributed by atoms with E-state index in [0.29, 0.717) is 17.0 Å². The maximum atomic E-state index is 13.6. The summed E-state index contributed by atoms with van der Waals surface area (Å²) in [4.78, 5) is 31.5. The number of ether oxygens (including phenoxy) is 1. The van der Waals surface area contributed by atoms with E-state index < -0.39 is 17.6 Å². The summed E-state index contributed by atoms with van der Waals surface area (Å²) in [6.45, 7) is 0.105. The van der Waals surface area contributed by atoms with Gasteiger partial charge in [0.1, 0.15) is 17.3 Å². The molecule has 0 unspecified atom stereocenters. The molecule has 2 heterocycles. The van der Waals surface area contributed by atoms with E-state index in [1.165, 1.54) is 18.2 Å². The SMILES string of the molecule is COc1ccc(C2=C(Nc3cccc(F)c3)C(=O)N(Cc3ccncc3)C2=O)cc1. The molecule has 0 spiro atoms. The summed E-state index contributed by atoms with van der Waals surface area (Å²) in [6, 6.07) is 16.1. The van der Waals surface area contributed by atoms with Crippen molar-refractivity contribution >= 4 is 23.1 Å². The van der Waals surface area contributed by atoms with Gasteiger partial charge in [-0.25, -0.2) is 4.39 Å². The quantitative estimate of drug-likeness (QED) is 0.637. The number of anilines is 1. The van der Waals surface area contributed by atoms with E-state index in [1.807, 2.05) is 0 Å².